The average molecular weight is 385 g/mol. The van der Waals surface area contributed by atoms with E-state index in [4.69, 9.17) is 0 Å². The van der Waals surface area contributed by atoms with Crippen molar-refractivity contribution in [2.45, 2.75) is 38.6 Å². The van der Waals surface area contributed by atoms with Crippen LogP contribution >= 0.6 is 0 Å². The maximum Gasteiger partial charge on any atom is 0.317 e. The largest absolute Gasteiger partial charge is 0.342 e. The Morgan fingerprint density at radius 3 is 2.39 bits per heavy atom. The van der Waals surface area contributed by atoms with Gasteiger partial charge in [-0.1, -0.05) is 24.3 Å². The molecule has 6 heteroatoms. The van der Waals surface area contributed by atoms with Crippen molar-refractivity contribution in [3.63, 3.8) is 0 Å². The lowest BCUT2D eigenvalue weighted by Crippen LogP contribution is -2.48. The molecule has 1 N–H and O–H groups in total. The molecule has 0 atom stereocenters. The van der Waals surface area contributed by atoms with Crippen molar-refractivity contribution in [1.82, 2.24) is 20.0 Å². The molecule has 3 aliphatic rings. The van der Waals surface area contributed by atoms with E-state index in [2.05, 4.69) is 34.5 Å². The van der Waals surface area contributed by atoms with E-state index in [9.17, 15) is 9.59 Å². The van der Waals surface area contributed by atoms with Gasteiger partial charge in [-0.25, -0.2) is 4.79 Å². The Balaban J connectivity index is 1.16. The third kappa shape index (κ3) is 4.49. The highest BCUT2D eigenvalue weighted by atomic mass is 16.2. The molecule has 0 saturated carbocycles. The molecule has 6 nitrogen and oxygen atoms in total. The normalized spacial score (nSPS) is 20.9. The van der Waals surface area contributed by atoms with Crippen molar-refractivity contribution < 1.29 is 9.59 Å². The number of amides is 3. The zero-order valence-corrected chi connectivity index (χ0v) is 16.7. The summed E-state index contributed by atoms with van der Waals surface area (Å²) in [6.45, 7) is 6.78. The fourth-order valence-corrected chi connectivity index (χ4v) is 4.70. The van der Waals surface area contributed by atoms with Gasteiger partial charge in [0.2, 0.25) is 5.91 Å². The van der Waals surface area contributed by atoms with Crippen LogP contribution in [0.2, 0.25) is 0 Å². The summed E-state index contributed by atoms with van der Waals surface area (Å²) >= 11 is 0. The fraction of sp³-hybridized carbons (Fsp3) is 0.636. The molecule has 0 aromatic heterocycles. The number of hydrogen-bond acceptors (Lipinski definition) is 3. The topological polar surface area (TPSA) is 55.9 Å². The van der Waals surface area contributed by atoms with Gasteiger partial charge in [-0.05, 0) is 43.2 Å². The molecule has 4 rings (SSSR count). The monoisotopic (exact) mass is 384 g/mol. The van der Waals surface area contributed by atoms with Crippen LogP contribution in [0.1, 0.15) is 36.8 Å². The van der Waals surface area contributed by atoms with E-state index in [1.54, 1.807) is 0 Å². The number of carbonyl (C=O) groups excluding carboxylic acids is 2. The molecule has 28 heavy (non-hydrogen) atoms. The van der Waals surface area contributed by atoms with Gasteiger partial charge in [0.1, 0.15) is 0 Å². The summed E-state index contributed by atoms with van der Waals surface area (Å²) in [5.41, 5.74) is 2.86. The Bertz CT molecular complexity index is 694. The summed E-state index contributed by atoms with van der Waals surface area (Å²) in [5.74, 6) is 0.415. The number of fused-ring (bicyclic) bond motifs is 1. The highest BCUT2D eigenvalue weighted by Gasteiger charge is 2.31. The smallest absolute Gasteiger partial charge is 0.317 e. The van der Waals surface area contributed by atoms with Gasteiger partial charge in [0.25, 0.3) is 0 Å². The summed E-state index contributed by atoms with van der Waals surface area (Å²) < 4.78 is 0. The van der Waals surface area contributed by atoms with E-state index in [0.717, 1.165) is 64.8 Å². The SMILES string of the molecule is O=C(NCCN1CCc2ccccc2C1)N1CCC(C(=O)N2CCCC2)CC1. The molecule has 0 aliphatic carbocycles. The van der Waals surface area contributed by atoms with Crippen molar-refractivity contribution >= 4 is 11.9 Å². The number of piperidine rings is 1. The number of nitrogens with zero attached hydrogens (tertiary/aromatic N) is 3. The Morgan fingerprint density at radius 2 is 1.64 bits per heavy atom. The zero-order valence-electron chi connectivity index (χ0n) is 16.7. The van der Waals surface area contributed by atoms with E-state index >= 15 is 0 Å². The van der Waals surface area contributed by atoms with Crippen LogP contribution in [0.5, 0.6) is 0 Å². The van der Waals surface area contributed by atoms with Crippen LogP contribution in [0.3, 0.4) is 0 Å². The average Bonchev–Trinajstić information content (AvgIpc) is 3.28. The summed E-state index contributed by atoms with van der Waals surface area (Å²) in [5, 5.41) is 3.07. The molecule has 0 unspecified atom stereocenters. The predicted octanol–water partition coefficient (Wildman–Crippen LogP) is 2.09. The molecule has 152 valence electrons. The second kappa shape index (κ2) is 8.95. The second-order valence-corrected chi connectivity index (χ2v) is 8.32. The fourth-order valence-electron chi connectivity index (χ4n) is 4.70. The molecule has 1 aromatic rings. The summed E-state index contributed by atoms with van der Waals surface area (Å²) in [6.07, 6.45) is 4.95. The van der Waals surface area contributed by atoms with Crippen molar-refractivity contribution in [2.75, 3.05) is 45.8 Å². The molecule has 2 saturated heterocycles. The Hall–Kier alpha value is -2.08. The number of likely N-dealkylation sites (tertiary alicyclic amines) is 2. The van der Waals surface area contributed by atoms with Gasteiger partial charge in [-0.3, -0.25) is 9.69 Å². The summed E-state index contributed by atoms with van der Waals surface area (Å²) in [6, 6.07) is 8.64. The molecule has 0 spiro atoms. The van der Waals surface area contributed by atoms with Crippen molar-refractivity contribution in [1.29, 1.82) is 0 Å². The molecular weight excluding hydrogens is 352 g/mol. The first-order valence-corrected chi connectivity index (χ1v) is 10.8. The van der Waals surface area contributed by atoms with Gasteiger partial charge in [0, 0.05) is 58.3 Å². The standard InChI is InChI=1S/C22H32N4O2/c27-21(25-11-3-4-12-25)19-8-14-26(15-9-19)22(28)23-10-16-24-13-7-18-5-1-2-6-20(18)17-24/h1-2,5-6,19H,3-4,7-17H2,(H,23,28). The number of nitrogens with one attached hydrogen (secondary N) is 1. The number of benzene rings is 1. The highest BCUT2D eigenvalue weighted by molar-refractivity contribution is 5.80. The lowest BCUT2D eigenvalue weighted by atomic mass is 9.95. The van der Waals surface area contributed by atoms with E-state index in [1.165, 1.54) is 11.1 Å². The molecular formula is C22H32N4O2. The Kier molecular flexibility index (Phi) is 6.15. The predicted molar refractivity (Wildman–Crippen MR) is 109 cm³/mol. The molecule has 0 radical (unpaired) electrons. The minimum atomic E-state index is 0.0180. The van der Waals surface area contributed by atoms with Crippen molar-refractivity contribution in [3.8, 4) is 0 Å². The first kappa shape index (κ1) is 19.2. The van der Waals surface area contributed by atoms with Gasteiger partial charge in [0.15, 0.2) is 0 Å². The van der Waals surface area contributed by atoms with Gasteiger partial charge in [-0.15, -0.1) is 0 Å². The molecule has 1 aromatic carbocycles. The first-order valence-electron chi connectivity index (χ1n) is 10.8. The zero-order chi connectivity index (χ0) is 19.3. The van der Waals surface area contributed by atoms with Crippen LogP contribution in [0.4, 0.5) is 4.79 Å². The summed E-state index contributed by atoms with van der Waals surface area (Å²) in [4.78, 5) is 31.3. The molecule has 3 amide bonds. The molecule has 3 aliphatic heterocycles. The molecule has 3 heterocycles. The van der Waals surface area contributed by atoms with E-state index in [1.807, 2.05) is 9.80 Å². The molecule has 2 fully saturated rings. The third-order valence-corrected chi connectivity index (χ3v) is 6.46. The minimum Gasteiger partial charge on any atom is -0.342 e. The highest BCUT2D eigenvalue weighted by Crippen LogP contribution is 2.22. The molecule has 0 bridgehead atoms. The Morgan fingerprint density at radius 1 is 0.929 bits per heavy atom. The van der Waals surface area contributed by atoms with Crippen LogP contribution < -0.4 is 5.32 Å². The van der Waals surface area contributed by atoms with Gasteiger partial charge < -0.3 is 15.1 Å². The number of urea groups is 1. The maximum absolute atomic E-state index is 12.5. The third-order valence-electron chi connectivity index (χ3n) is 6.46. The Labute approximate surface area is 167 Å². The van der Waals surface area contributed by atoms with Crippen LogP contribution in [0.15, 0.2) is 24.3 Å². The number of carbonyl (C=O) groups is 2. The van der Waals surface area contributed by atoms with E-state index < -0.39 is 0 Å². The van der Waals surface area contributed by atoms with Gasteiger partial charge in [0.05, 0.1) is 0 Å². The summed E-state index contributed by atoms with van der Waals surface area (Å²) in [7, 11) is 0. The van der Waals surface area contributed by atoms with Crippen LogP contribution in [-0.2, 0) is 17.8 Å². The van der Waals surface area contributed by atoms with Gasteiger partial charge >= 0.3 is 6.03 Å². The minimum absolute atomic E-state index is 0.0180. The van der Waals surface area contributed by atoms with Crippen LogP contribution in [-0.4, -0.2) is 72.5 Å². The first-order chi connectivity index (χ1) is 13.7. The quantitative estimate of drug-likeness (QED) is 0.865. The van der Waals surface area contributed by atoms with Crippen molar-refractivity contribution in [3.05, 3.63) is 35.4 Å². The number of rotatable bonds is 4. The van der Waals surface area contributed by atoms with E-state index in [0.29, 0.717) is 25.5 Å². The van der Waals surface area contributed by atoms with Crippen molar-refractivity contribution in [2.24, 2.45) is 5.92 Å². The maximum atomic E-state index is 12.5. The van der Waals surface area contributed by atoms with Crippen LogP contribution in [0, 0.1) is 5.92 Å². The van der Waals surface area contributed by atoms with Gasteiger partial charge in [-0.2, -0.15) is 0 Å². The van der Waals surface area contributed by atoms with E-state index in [-0.39, 0.29) is 11.9 Å². The number of hydrogen-bond donors (Lipinski definition) is 1. The second-order valence-electron chi connectivity index (χ2n) is 8.32. The lowest BCUT2D eigenvalue weighted by Gasteiger charge is -2.33. The lowest BCUT2D eigenvalue weighted by molar-refractivity contribution is -0.135. The van der Waals surface area contributed by atoms with Crippen LogP contribution in [0.25, 0.3) is 0 Å².